The smallest absolute Gasteiger partial charge is 0.243 e. The van der Waals surface area contributed by atoms with E-state index in [1.54, 1.807) is 23.1 Å². The standard InChI is InChI=1S/C33H35N5O3S2/c1-4-36(5-2)43(40,41)28-19-12-18-27(22-28)32-34-35-33(38(32)23-25-14-8-7-9-15-25)42-24-31(39)37(6-3)30-21-13-17-26-16-10-11-20-29(26)30/h7-22H,4-6,23-24H2,1-3H3. The number of carbonyl (C=O) groups is 1. The second-order valence-corrected chi connectivity index (χ2v) is 12.8. The minimum absolute atomic E-state index is 0.0352. The lowest BCUT2D eigenvalue weighted by atomic mass is 10.1. The summed E-state index contributed by atoms with van der Waals surface area (Å²) in [7, 11) is -3.65. The van der Waals surface area contributed by atoms with Gasteiger partial charge in [0.05, 0.1) is 22.9 Å². The van der Waals surface area contributed by atoms with Crippen molar-refractivity contribution in [1.82, 2.24) is 19.1 Å². The predicted octanol–water partition coefficient (Wildman–Crippen LogP) is 6.32. The Morgan fingerprint density at radius 1 is 0.814 bits per heavy atom. The number of fused-ring (bicyclic) bond motifs is 1. The van der Waals surface area contributed by atoms with Crippen LogP contribution in [0, 0.1) is 0 Å². The number of rotatable bonds is 12. The van der Waals surface area contributed by atoms with E-state index in [1.165, 1.54) is 16.1 Å². The fourth-order valence-electron chi connectivity index (χ4n) is 5.15. The Kier molecular flexibility index (Phi) is 9.59. The minimum Gasteiger partial charge on any atom is -0.311 e. The number of anilines is 1. The molecule has 0 aliphatic rings. The molecule has 5 rings (SSSR count). The lowest BCUT2D eigenvalue weighted by Crippen LogP contribution is -2.32. The maximum Gasteiger partial charge on any atom is 0.243 e. The summed E-state index contributed by atoms with van der Waals surface area (Å²) in [5.41, 5.74) is 2.55. The van der Waals surface area contributed by atoms with Gasteiger partial charge in [-0.15, -0.1) is 10.2 Å². The first-order chi connectivity index (χ1) is 20.9. The van der Waals surface area contributed by atoms with Gasteiger partial charge in [0.2, 0.25) is 15.9 Å². The fraction of sp³-hybridized carbons (Fsp3) is 0.242. The van der Waals surface area contributed by atoms with E-state index in [9.17, 15) is 13.2 Å². The van der Waals surface area contributed by atoms with Gasteiger partial charge in [-0.25, -0.2) is 8.42 Å². The van der Waals surface area contributed by atoms with Gasteiger partial charge in [0.15, 0.2) is 11.0 Å². The molecule has 0 N–H and O–H groups in total. The number of carbonyl (C=O) groups excluding carboxylic acids is 1. The Morgan fingerprint density at radius 2 is 1.51 bits per heavy atom. The van der Waals surface area contributed by atoms with E-state index in [0.29, 0.717) is 42.7 Å². The van der Waals surface area contributed by atoms with Crippen LogP contribution in [0.3, 0.4) is 0 Å². The number of thioether (sulfide) groups is 1. The van der Waals surface area contributed by atoms with Crippen LogP contribution >= 0.6 is 11.8 Å². The Balaban J connectivity index is 1.47. The summed E-state index contributed by atoms with van der Waals surface area (Å²) < 4.78 is 29.9. The molecule has 0 bridgehead atoms. The fourth-order valence-corrected chi connectivity index (χ4v) is 7.47. The maximum atomic E-state index is 13.6. The van der Waals surface area contributed by atoms with Crippen LogP contribution in [0.25, 0.3) is 22.2 Å². The molecule has 0 fully saturated rings. The predicted molar refractivity (Wildman–Crippen MR) is 174 cm³/mol. The molecule has 43 heavy (non-hydrogen) atoms. The van der Waals surface area contributed by atoms with Crippen LogP contribution in [0.4, 0.5) is 5.69 Å². The summed E-state index contributed by atoms with van der Waals surface area (Å²) in [6.07, 6.45) is 0. The first-order valence-electron chi connectivity index (χ1n) is 14.4. The largest absolute Gasteiger partial charge is 0.311 e. The van der Waals surface area contributed by atoms with Gasteiger partial charge in [0, 0.05) is 30.6 Å². The Hall–Kier alpha value is -3.99. The number of hydrogen-bond acceptors (Lipinski definition) is 6. The van der Waals surface area contributed by atoms with Crippen molar-refractivity contribution >= 4 is 44.2 Å². The van der Waals surface area contributed by atoms with E-state index in [4.69, 9.17) is 0 Å². The molecule has 10 heteroatoms. The third-order valence-corrected chi connectivity index (χ3v) is 10.3. The van der Waals surface area contributed by atoms with Gasteiger partial charge in [-0.05, 0) is 36.1 Å². The van der Waals surface area contributed by atoms with Gasteiger partial charge in [-0.3, -0.25) is 9.36 Å². The maximum absolute atomic E-state index is 13.6. The first-order valence-corrected chi connectivity index (χ1v) is 16.8. The lowest BCUT2D eigenvalue weighted by Gasteiger charge is -2.22. The molecule has 0 saturated carbocycles. The monoisotopic (exact) mass is 613 g/mol. The van der Waals surface area contributed by atoms with Gasteiger partial charge >= 0.3 is 0 Å². The van der Waals surface area contributed by atoms with Gasteiger partial charge in [-0.1, -0.05) is 104 Å². The van der Waals surface area contributed by atoms with Gasteiger partial charge < -0.3 is 4.90 Å². The lowest BCUT2D eigenvalue weighted by molar-refractivity contribution is -0.116. The highest BCUT2D eigenvalue weighted by molar-refractivity contribution is 7.99. The Labute approximate surface area is 257 Å². The molecule has 1 aromatic heterocycles. The molecule has 1 heterocycles. The molecule has 8 nitrogen and oxygen atoms in total. The van der Waals surface area contributed by atoms with Crippen LogP contribution < -0.4 is 4.90 Å². The van der Waals surface area contributed by atoms with Crippen molar-refractivity contribution in [3.05, 3.63) is 103 Å². The quantitative estimate of drug-likeness (QED) is 0.153. The second kappa shape index (κ2) is 13.5. The molecule has 0 unspecified atom stereocenters. The van der Waals surface area contributed by atoms with Crippen LogP contribution in [0.2, 0.25) is 0 Å². The van der Waals surface area contributed by atoms with Gasteiger partial charge in [-0.2, -0.15) is 4.31 Å². The average molecular weight is 614 g/mol. The SMILES string of the molecule is CCN(C(=O)CSc1nnc(-c2cccc(S(=O)(=O)N(CC)CC)c2)n1Cc1ccccc1)c1cccc2ccccc12. The highest BCUT2D eigenvalue weighted by Crippen LogP contribution is 2.30. The zero-order valence-corrected chi connectivity index (χ0v) is 26.2. The van der Waals surface area contributed by atoms with Crippen LogP contribution in [0.1, 0.15) is 26.3 Å². The molecule has 0 radical (unpaired) electrons. The van der Waals surface area contributed by atoms with E-state index >= 15 is 0 Å². The molecule has 0 saturated heterocycles. The molecule has 5 aromatic rings. The topological polar surface area (TPSA) is 88.4 Å². The number of benzene rings is 4. The summed E-state index contributed by atoms with van der Waals surface area (Å²) >= 11 is 1.33. The molecule has 0 aliphatic heterocycles. The molecule has 1 amide bonds. The molecule has 0 atom stereocenters. The van der Waals surface area contributed by atoms with Crippen LogP contribution in [-0.2, 0) is 21.4 Å². The highest BCUT2D eigenvalue weighted by atomic mass is 32.2. The summed E-state index contributed by atoms with van der Waals surface area (Å²) in [5.74, 6) is 0.671. The molecule has 0 aliphatic carbocycles. The number of nitrogens with zero attached hydrogens (tertiary/aromatic N) is 5. The number of hydrogen-bond donors (Lipinski definition) is 0. The number of amides is 1. The first kappa shape index (κ1) is 30.5. The van der Waals surface area contributed by atoms with Crippen LogP contribution in [0.15, 0.2) is 107 Å². The normalized spacial score (nSPS) is 11.7. The zero-order chi connectivity index (χ0) is 30.4. The van der Waals surface area contributed by atoms with E-state index < -0.39 is 10.0 Å². The zero-order valence-electron chi connectivity index (χ0n) is 24.6. The summed E-state index contributed by atoms with van der Waals surface area (Å²) in [4.78, 5) is 15.6. The summed E-state index contributed by atoms with van der Waals surface area (Å²) in [6, 6.07) is 30.8. The Morgan fingerprint density at radius 3 is 2.26 bits per heavy atom. The van der Waals surface area contributed by atoms with E-state index in [-0.39, 0.29) is 16.6 Å². The number of sulfonamides is 1. The Bertz CT molecular complexity index is 1810. The van der Waals surface area contributed by atoms with Crippen molar-refractivity contribution in [3.8, 4) is 11.4 Å². The molecule has 0 spiro atoms. The van der Waals surface area contributed by atoms with E-state index in [2.05, 4.69) is 10.2 Å². The van der Waals surface area contributed by atoms with Crippen molar-refractivity contribution in [2.24, 2.45) is 0 Å². The van der Waals surface area contributed by atoms with Gasteiger partial charge in [0.1, 0.15) is 0 Å². The molecule has 222 valence electrons. The highest BCUT2D eigenvalue weighted by Gasteiger charge is 2.24. The van der Waals surface area contributed by atoms with E-state index in [0.717, 1.165) is 22.0 Å². The summed E-state index contributed by atoms with van der Waals surface area (Å²) in [5, 5.41) is 11.7. The van der Waals surface area contributed by atoms with Crippen molar-refractivity contribution in [2.45, 2.75) is 37.4 Å². The van der Waals surface area contributed by atoms with Crippen molar-refractivity contribution in [2.75, 3.05) is 30.3 Å². The molecular formula is C33H35N5O3S2. The van der Waals surface area contributed by atoms with Crippen molar-refractivity contribution in [1.29, 1.82) is 0 Å². The van der Waals surface area contributed by atoms with E-state index in [1.807, 2.05) is 104 Å². The minimum atomic E-state index is -3.65. The van der Waals surface area contributed by atoms with Crippen molar-refractivity contribution < 1.29 is 13.2 Å². The van der Waals surface area contributed by atoms with Crippen LogP contribution in [-0.4, -0.2) is 58.8 Å². The molecule has 4 aromatic carbocycles. The second-order valence-electron chi connectivity index (χ2n) is 9.92. The van der Waals surface area contributed by atoms with Crippen molar-refractivity contribution in [3.63, 3.8) is 0 Å². The summed E-state index contributed by atoms with van der Waals surface area (Å²) in [6.45, 7) is 7.39. The third-order valence-electron chi connectivity index (χ3n) is 7.34. The number of aromatic nitrogens is 3. The van der Waals surface area contributed by atoms with Crippen LogP contribution in [0.5, 0.6) is 0 Å². The average Bonchev–Trinajstić information content (AvgIpc) is 3.43. The van der Waals surface area contributed by atoms with Gasteiger partial charge in [0.25, 0.3) is 0 Å². The molecular weight excluding hydrogens is 579 g/mol. The third kappa shape index (κ3) is 6.51.